The van der Waals surface area contributed by atoms with Crippen molar-refractivity contribution in [2.24, 2.45) is 0 Å². The van der Waals surface area contributed by atoms with Crippen LogP contribution in [-0.4, -0.2) is 45.5 Å². The number of hydrogen-bond donors (Lipinski definition) is 4. The van der Waals surface area contributed by atoms with Gasteiger partial charge in [-0.05, 0) is 5.56 Å². The number of carbonyl (C=O) groups excluding carboxylic acids is 1. The van der Waals surface area contributed by atoms with Gasteiger partial charge in [0, 0.05) is 6.42 Å². The van der Waals surface area contributed by atoms with Crippen molar-refractivity contribution in [2.45, 2.75) is 25.2 Å². The summed E-state index contributed by atoms with van der Waals surface area (Å²) in [5.74, 6) is -3.03. The van der Waals surface area contributed by atoms with Crippen LogP contribution in [0.4, 0.5) is 4.79 Å². The molecule has 114 valence electrons. The quantitative estimate of drug-likeness (QED) is 0.565. The summed E-state index contributed by atoms with van der Waals surface area (Å²) in [7, 11) is 0. The second-order valence-corrected chi connectivity index (χ2v) is 4.19. The highest BCUT2D eigenvalue weighted by Gasteiger charge is 2.27. The molecule has 0 saturated carbocycles. The van der Waals surface area contributed by atoms with E-state index in [-0.39, 0.29) is 6.61 Å². The topological polar surface area (TPSA) is 133 Å². The third-order valence-electron chi connectivity index (χ3n) is 2.55. The molecule has 0 fully saturated rings. The van der Waals surface area contributed by atoms with E-state index in [1.54, 1.807) is 30.3 Å². The second-order valence-electron chi connectivity index (χ2n) is 4.19. The Kier molecular flexibility index (Phi) is 6.15. The van der Waals surface area contributed by atoms with Crippen LogP contribution in [0.3, 0.4) is 0 Å². The fourth-order valence-electron chi connectivity index (χ4n) is 1.45. The first kappa shape index (κ1) is 16.4. The summed E-state index contributed by atoms with van der Waals surface area (Å²) in [5.41, 5.74) is 0.713. The molecule has 21 heavy (non-hydrogen) atoms. The summed E-state index contributed by atoms with van der Waals surface area (Å²) in [4.78, 5) is 32.8. The minimum absolute atomic E-state index is 0.0551. The molecular formula is C13H15NO7. The zero-order valence-corrected chi connectivity index (χ0v) is 10.9. The van der Waals surface area contributed by atoms with Crippen molar-refractivity contribution >= 4 is 18.0 Å². The number of carboxylic acids is 2. The standard InChI is InChI=1S/C13H15NO7/c15-10(12(18)19)6-9(11(16)17)14-13(20)21-7-8-4-2-1-3-5-8/h1-5,9-10,15H,6-7H2,(H,14,20)(H,16,17)(H,18,19). The van der Waals surface area contributed by atoms with Crippen molar-refractivity contribution in [3.63, 3.8) is 0 Å². The van der Waals surface area contributed by atoms with Gasteiger partial charge in [-0.25, -0.2) is 14.4 Å². The molecule has 2 atom stereocenters. The maximum atomic E-state index is 11.5. The lowest BCUT2D eigenvalue weighted by Crippen LogP contribution is -2.44. The molecule has 8 nitrogen and oxygen atoms in total. The van der Waals surface area contributed by atoms with Crippen molar-refractivity contribution < 1.29 is 34.4 Å². The van der Waals surface area contributed by atoms with Crippen LogP contribution >= 0.6 is 0 Å². The molecule has 1 amide bonds. The van der Waals surface area contributed by atoms with Gasteiger partial charge in [0.15, 0.2) is 6.10 Å². The molecule has 1 rings (SSSR count). The predicted octanol–water partition coefficient (Wildman–Crippen LogP) is 0.202. The van der Waals surface area contributed by atoms with Gasteiger partial charge in [0.05, 0.1) is 0 Å². The third kappa shape index (κ3) is 5.91. The monoisotopic (exact) mass is 297 g/mol. The van der Waals surface area contributed by atoms with Crippen LogP contribution in [0.2, 0.25) is 0 Å². The Morgan fingerprint density at radius 3 is 2.24 bits per heavy atom. The van der Waals surface area contributed by atoms with Crippen LogP contribution in [0.1, 0.15) is 12.0 Å². The van der Waals surface area contributed by atoms with Crippen molar-refractivity contribution in [3.05, 3.63) is 35.9 Å². The molecular weight excluding hydrogens is 282 g/mol. The Hall–Kier alpha value is -2.61. The number of aliphatic hydroxyl groups excluding tert-OH is 1. The lowest BCUT2D eigenvalue weighted by Gasteiger charge is -2.16. The van der Waals surface area contributed by atoms with Crippen LogP contribution in [-0.2, 0) is 20.9 Å². The number of rotatable bonds is 7. The Labute approximate surface area is 120 Å². The Bertz CT molecular complexity index is 503. The van der Waals surface area contributed by atoms with E-state index in [1.165, 1.54) is 0 Å². The van der Waals surface area contributed by atoms with Crippen LogP contribution in [0, 0.1) is 0 Å². The fourth-order valence-corrected chi connectivity index (χ4v) is 1.45. The van der Waals surface area contributed by atoms with Gasteiger partial charge in [0.25, 0.3) is 0 Å². The number of nitrogens with one attached hydrogen (secondary N) is 1. The number of benzene rings is 1. The smallest absolute Gasteiger partial charge is 0.408 e. The first-order valence-electron chi connectivity index (χ1n) is 6.01. The molecule has 0 radical (unpaired) electrons. The molecule has 4 N–H and O–H groups in total. The van der Waals surface area contributed by atoms with Gasteiger partial charge in [-0.1, -0.05) is 30.3 Å². The SMILES string of the molecule is O=C(NC(CC(O)C(=O)O)C(=O)O)OCc1ccccc1. The largest absolute Gasteiger partial charge is 0.480 e. The van der Waals surface area contributed by atoms with E-state index in [0.29, 0.717) is 5.56 Å². The molecule has 1 aromatic carbocycles. The molecule has 2 unspecified atom stereocenters. The van der Waals surface area contributed by atoms with E-state index in [0.717, 1.165) is 0 Å². The van der Waals surface area contributed by atoms with E-state index in [9.17, 15) is 14.4 Å². The van der Waals surface area contributed by atoms with E-state index in [2.05, 4.69) is 0 Å². The Morgan fingerprint density at radius 2 is 1.71 bits per heavy atom. The van der Waals surface area contributed by atoms with Crippen LogP contribution < -0.4 is 5.32 Å². The average Bonchev–Trinajstić information content (AvgIpc) is 2.45. The van der Waals surface area contributed by atoms with Crippen molar-refractivity contribution in [3.8, 4) is 0 Å². The summed E-state index contributed by atoms with van der Waals surface area (Å²) >= 11 is 0. The normalized spacial score (nSPS) is 13.0. The first-order valence-corrected chi connectivity index (χ1v) is 6.01. The molecule has 1 aromatic rings. The van der Waals surface area contributed by atoms with Crippen LogP contribution in [0.15, 0.2) is 30.3 Å². The van der Waals surface area contributed by atoms with Gasteiger partial charge in [-0.15, -0.1) is 0 Å². The zero-order chi connectivity index (χ0) is 15.8. The molecule has 0 aromatic heterocycles. The average molecular weight is 297 g/mol. The Morgan fingerprint density at radius 1 is 1.10 bits per heavy atom. The lowest BCUT2D eigenvalue weighted by molar-refractivity contribution is -0.148. The van der Waals surface area contributed by atoms with Crippen molar-refractivity contribution in [2.75, 3.05) is 0 Å². The number of ether oxygens (including phenoxy) is 1. The highest BCUT2D eigenvalue weighted by Crippen LogP contribution is 2.03. The maximum absolute atomic E-state index is 11.5. The number of amides is 1. The van der Waals surface area contributed by atoms with Gasteiger partial charge >= 0.3 is 18.0 Å². The minimum Gasteiger partial charge on any atom is -0.480 e. The van der Waals surface area contributed by atoms with Gasteiger partial charge < -0.3 is 25.4 Å². The zero-order valence-electron chi connectivity index (χ0n) is 10.9. The predicted molar refractivity (Wildman–Crippen MR) is 69.4 cm³/mol. The molecule has 0 bridgehead atoms. The number of aliphatic hydroxyl groups is 1. The molecule has 0 aliphatic heterocycles. The third-order valence-corrected chi connectivity index (χ3v) is 2.55. The maximum Gasteiger partial charge on any atom is 0.408 e. The minimum atomic E-state index is -1.89. The van der Waals surface area contributed by atoms with Crippen molar-refractivity contribution in [1.29, 1.82) is 0 Å². The van der Waals surface area contributed by atoms with Gasteiger partial charge in [0.1, 0.15) is 12.6 Å². The van der Waals surface area contributed by atoms with E-state index in [4.69, 9.17) is 20.1 Å². The first-order chi connectivity index (χ1) is 9.90. The fraction of sp³-hybridized carbons (Fsp3) is 0.308. The number of alkyl carbamates (subject to hydrolysis) is 1. The summed E-state index contributed by atoms with van der Waals surface area (Å²) in [6, 6.07) is 7.17. The summed E-state index contributed by atoms with van der Waals surface area (Å²) in [5, 5.41) is 28.5. The van der Waals surface area contributed by atoms with Gasteiger partial charge in [0.2, 0.25) is 0 Å². The molecule has 0 saturated heterocycles. The van der Waals surface area contributed by atoms with Crippen LogP contribution in [0.25, 0.3) is 0 Å². The molecule has 0 aliphatic carbocycles. The lowest BCUT2D eigenvalue weighted by atomic mass is 10.1. The second kappa shape index (κ2) is 7.85. The molecule has 0 spiro atoms. The van der Waals surface area contributed by atoms with Gasteiger partial charge in [-0.3, -0.25) is 0 Å². The van der Waals surface area contributed by atoms with Crippen molar-refractivity contribution in [1.82, 2.24) is 5.32 Å². The molecule has 0 heterocycles. The summed E-state index contributed by atoms with van der Waals surface area (Å²) in [6.45, 7) is -0.0551. The molecule has 0 aliphatic rings. The van der Waals surface area contributed by atoms with E-state index < -0.39 is 36.6 Å². The van der Waals surface area contributed by atoms with Crippen LogP contribution in [0.5, 0.6) is 0 Å². The number of carboxylic acid groups (broad SMARTS) is 2. The number of aliphatic carboxylic acids is 2. The van der Waals surface area contributed by atoms with E-state index >= 15 is 0 Å². The van der Waals surface area contributed by atoms with Gasteiger partial charge in [-0.2, -0.15) is 0 Å². The number of hydrogen-bond acceptors (Lipinski definition) is 5. The summed E-state index contributed by atoms with van der Waals surface area (Å²) in [6.07, 6.45) is -3.56. The van der Waals surface area contributed by atoms with E-state index in [1.807, 2.05) is 5.32 Å². The summed E-state index contributed by atoms with van der Waals surface area (Å²) < 4.78 is 4.81. The highest BCUT2D eigenvalue weighted by atomic mass is 16.5. The molecule has 8 heteroatoms. The Balaban J connectivity index is 2.49. The highest BCUT2D eigenvalue weighted by molar-refractivity contribution is 5.81. The number of carbonyl (C=O) groups is 3.